The number of rotatable bonds is 8. The molecule has 0 atom stereocenters. The quantitative estimate of drug-likeness (QED) is 0.257. The van der Waals surface area contributed by atoms with E-state index < -0.39 is 11.6 Å². The molecule has 0 spiro atoms. The average molecular weight is 525 g/mol. The summed E-state index contributed by atoms with van der Waals surface area (Å²) in [5.74, 6) is -0.360. The summed E-state index contributed by atoms with van der Waals surface area (Å²) in [6, 6.07) is 17.8. The molecule has 192 valence electrons. The highest BCUT2D eigenvalue weighted by Gasteiger charge is 2.23. The first-order chi connectivity index (χ1) is 17.7. The van der Waals surface area contributed by atoms with Gasteiger partial charge in [0.1, 0.15) is 11.6 Å². The molecular weight excluding hydrogens is 498 g/mol. The van der Waals surface area contributed by atoms with Crippen molar-refractivity contribution in [2.24, 2.45) is 0 Å². The minimum absolute atomic E-state index is 0.149. The summed E-state index contributed by atoms with van der Waals surface area (Å²) in [7, 11) is 4.88. The lowest BCUT2D eigenvalue weighted by molar-refractivity contribution is 0.0796. The van der Waals surface area contributed by atoms with Crippen LogP contribution in [0.15, 0.2) is 66.7 Å². The van der Waals surface area contributed by atoms with Crippen molar-refractivity contribution < 1.29 is 23.0 Å². The van der Waals surface area contributed by atoms with Gasteiger partial charge in [-0.1, -0.05) is 29.8 Å². The fraction of sp³-hybridized carbons (Fsp3) is 0.207. The lowest BCUT2D eigenvalue weighted by Crippen LogP contribution is -2.29. The molecule has 0 saturated heterocycles. The maximum atomic E-state index is 14.9. The van der Waals surface area contributed by atoms with Gasteiger partial charge in [0.15, 0.2) is 11.5 Å². The Hall–Kier alpha value is -3.84. The molecule has 0 aliphatic rings. The van der Waals surface area contributed by atoms with Gasteiger partial charge in [-0.3, -0.25) is 4.79 Å². The van der Waals surface area contributed by atoms with Crippen LogP contribution in [0.3, 0.4) is 0 Å². The predicted molar refractivity (Wildman–Crippen MR) is 141 cm³/mol. The topological polar surface area (TPSA) is 43.7 Å². The minimum Gasteiger partial charge on any atom is -0.493 e. The molecule has 0 fully saturated rings. The van der Waals surface area contributed by atoms with Crippen LogP contribution >= 0.6 is 11.6 Å². The van der Waals surface area contributed by atoms with Gasteiger partial charge in [0, 0.05) is 30.4 Å². The maximum Gasteiger partial charge on any atom is 0.255 e. The summed E-state index contributed by atoms with van der Waals surface area (Å²) in [6.07, 6.45) is 0.596. The lowest BCUT2D eigenvalue weighted by Gasteiger charge is -2.18. The number of halogens is 3. The molecule has 1 heterocycles. The van der Waals surface area contributed by atoms with E-state index in [0.29, 0.717) is 46.4 Å². The second kappa shape index (κ2) is 11.0. The van der Waals surface area contributed by atoms with Gasteiger partial charge in [0.25, 0.3) is 5.91 Å². The Morgan fingerprint density at radius 3 is 2.30 bits per heavy atom. The van der Waals surface area contributed by atoms with Gasteiger partial charge >= 0.3 is 0 Å². The molecule has 0 unspecified atom stereocenters. The number of ether oxygens (including phenoxy) is 2. The highest BCUT2D eigenvalue weighted by Crippen LogP contribution is 2.32. The number of aromatic nitrogens is 1. The van der Waals surface area contributed by atoms with Crippen molar-refractivity contribution in [2.75, 3.05) is 27.8 Å². The first-order valence-corrected chi connectivity index (χ1v) is 12.0. The van der Waals surface area contributed by atoms with E-state index >= 15 is 0 Å². The first-order valence-electron chi connectivity index (χ1n) is 11.6. The minimum atomic E-state index is -0.727. The first kappa shape index (κ1) is 26.2. The number of carbonyl (C=O) groups is 1. The number of hydrogen-bond acceptors (Lipinski definition) is 3. The van der Waals surface area contributed by atoms with Gasteiger partial charge < -0.3 is 18.9 Å². The Balaban J connectivity index is 1.67. The Bertz CT molecular complexity index is 1430. The van der Waals surface area contributed by atoms with Crippen molar-refractivity contribution in [3.8, 4) is 28.4 Å². The molecule has 4 aromatic rings. The zero-order chi connectivity index (χ0) is 26.7. The number of carbonyl (C=O) groups excluding carboxylic acids is 1. The fourth-order valence-electron chi connectivity index (χ4n) is 4.27. The van der Waals surface area contributed by atoms with Crippen molar-refractivity contribution >= 4 is 17.5 Å². The molecule has 0 aliphatic heterocycles. The van der Waals surface area contributed by atoms with Gasteiger partial charge in [-0.25, -0.2) is 8.78 Å². The van der Waals surface area contributed by atoms with E-state index in [2.05, 4.69) is 0 Å². The van der Waals surface area contributed by atoms with E-state index in [1.165, 1.54) is 12.1 Å². The van der Waals surface area contributed by atoms with Crippen molar-refractivity contribution in [3.63, 3.8) is 0 Å². The number of methoxy groups -OCH3 is 2. The van der Waals surface area contributed by atoms with Crippen LogP contribution in [0.5, 0.6) is 11.5 Å². The summed E-state index contributed by atoms with van der Waals surface area (Å²) in [5.41, 5.74) is 3.43. The van der Waals surface area contributed by atoms with E-state index in [1.54, 1.807) is 68.0 Å². The van der Waals surface area contributed by atoms with Crippen molar-refractivity contribution in [1.29, 1.82) is 0 Å². The molecule has 1 amide bonds. The second-order valence-electron chi connectivity index (χ2n) is 8.63. The van der Waals surface area contributed by atoms with E-state index in [9.17, 15) is 13.6 Å². The summed E-state index contributed by atoms with van der Waals surface area (Å²) in [6.45, 7) is 2.19. The molecule has 3 aromatic carbocycles. The van der Waals surface area contributed by atoms with Gasteiger partial charge in [0.05, 0.1) is 31.2 Å². The van der Waals surface area contributed by atoms with Crippen LogP contribution < -0.4 is 9.47 Å². The predicted octanol–water partition coefficient (Wildman–Crippen LogP) is 6.72. The lowest BCUT2D eigenvalue weighted by atomic mass is 10.1. The number of hydrogen-bond donors (Lipinski definition) is 0. The third-order valence-electron chi connectivity index (χ3n) is 6.30. The molecule has 0 radical (unpaired) electrons. The third kappa shape index (κ3) is 5.47. The fourth-order valence-corrected chi connectivity index (χ4v) is 4.40. The Kier molecular flexibility index (Phi) is 7.83. The van der Waals surface area contributed by atoms with Crippen LogP contribution in [0.2, 0.25) is 5.02 Å². The average Bonchev–Trinajstić information content (AvgIpc) is 3.23. The Morgan fingerprint density at radius 1 is 0.946 bits per heavy atom. The zero-order valence-electron chi connectivity index (χ0n) is 21.0. The molecule has 8 heteroatoms. The van der Waals surface area contributed by atoms with Gasteiger partial charge in [-0.05, 0) is 66.9 Å². The molecule has 4 rings (SSSR count). The van der Waals surface area contributed by atoms with Crippen molar-refractivity contribution in [1.82, 2.24) is 9.47 Å². The molecule has 5 nitrogen and oxygen atoms in total. The van der Waals surface area contributed by atoms with E-state index in [4.69, 9.17) is 21.1 Å². The van der Waals surface area contributed by atoms with E-state index in [1.807, 2.05) is 18.2 Å². The number of nitrogens with zero attached hydrogens (tertiary/aromatic N) is 2. The van der Waals surface area contributed by atoms with Crippen molar-refractivity contribution in [3.05, 3.63) is 100 Å². The van der Waals surface area contributed by atoms with E-state index in [-0.39, 0.29) is 11.6 Å². The molecule has 1 aromatic heterocycles. The molecule has 0 aliphatic carbocycles. The summed E-state index contributed by atoms with van der Waals surface area (Å²) in [4.78, 5) is 15.1. The Morgan fingerprint density at radius 2 is 1.65 bits per heavy atom. The molecule has 0 saturated carbocycles. The Labute approximate surface area is 219 Å². The van der Waals surface area contributed by atoms with Gasteiger partial charge in [0.2, 0.25) is 0 Å². The molecule has 37 heavy (non-hydrogen) atoms. The maximum absolute atomic E-state index is 14.9. The summed E-state index contributed by atoms with van der Waals surface area (Å²) >= 11 is 6.06. The van der Waals surface area contributed by atoms with Crippen LogP contribution in [-0.2, 0) is 6.42 Å². The third-order valence-corrected chi connectivity index (χ3v) is 6.55. The number of likely N-dealkylation sites (N-methyl/N-ethyl adjacent to an activating group) is 1. The van der Waals surface area contributed by atoms with E-state index in [0.717, 1.165) is 17.2 Å². The normalized spacial score (nSPS) is 10.9. The molecular formula is C29H27ClF2N2O3. The second-order valence-corrected chi connectivity index (χ2v) is 9.07. The highest BCUT2D eigenvalue weighted by atomic mass is 35.5. The smallest absolute Gasteiger partial charge is 0.255 e. The number of amides is 1. The van der Waals surface area contributed by atoms with Crippen LogP contribution in [0.25, 0.3) is 16.9 Å². The molecule has 0 bridgehead atoms. The van der Waals surface area contributed by atoms with Gasteiger partial charge in [-0.15, -0.1) is 0 Å². The summed E-state index contributed by atoms with van der Waals surface area (Å²) in [5, 5.41) is 0.553. The summed E-state index contributed by atoms with van der Waals surface area (Å²) < 4.78 is 40.8. The van der Waals surface area contributed by atoms with Crippen LogP contribution in [-0.4, -0.2) is 43.2 Å². The van der Waals surface area contributed by atoms with Crippen LogP contribution in [0.1, 0.15) is 21.6 Å². The van der Waals surface area contributed by atoms with Crippen LogP contribution in [0, 0.1) is 18.6 Å². The SMILES string of the molecule is COc1ccc(CCN(C)C(=O)c2cc(-c3ccc(Cl)cc3)n(-c3ccc(F)cc3F)c2C)cc1OC. The van der Waals surface area contributed by atoms with Crippen LogP contribution in [0.4, 0.5) is 8.78 Å². The monoisotopic (exact) mass is 524 g/mol. The largest absolute Gasteiger partial charge is 0.493 e. The van der Waals surface area contributed by atoms with Crippen molar-refractivity contribution in [2.45, 2.75) is 13.3 Å². The molecule has 0 N–H and O–H groups in total. The zero-order valence-corrected chi connectivity index (χ0v) is 21.8. The number of benzene rings is 3. The van der Waals surface area contributed by atoms with Gasteiger partial charge in [-0.2, -0.15) is 0 Å². The standard InChI is InChI=1S/C29H27ClF2N2O3/c1-18-23(29(35)33(2)14-13-19-5-12-27(36-3)28(15-19)37-4)17-26(20-6-8-21(30)9-7-20)34(18)25-11-10-22(31)16-24(25)32/h5-12,15-17H,13-14H2,1-4H3. The highest BCUT2D eigenvalue weighted by molar-refractivity contribution is 6.30.